The number of aryl methyl sites for hydroxylation is 2. The topological polar surface area (TPSA) is 47.1 Å². The van der Waals surface area contributed by atoms with Crippen LogP contribution in [-0.4, -0.2) is 20.3 Å². The van der Waals surface area contributed by atoms with Gasteiger partial charge in [-0.2, -0.15) is 5.10 Å². The van der Waals surface area contributed by atoms with Gasteiger partial charge in [0.05, 0.1) is 17.2 Å². The van der Waals surface area contributed by atoms with Crippen molar-refractivity contribution in [2.75, 3.05) is 5.43 Å². The van der Waals surface area contributed by atoms with E-state index in [0.717, 1.165) is 51.2 Å². The number of aromatic nitrogens is 3. The van der Waals surface area contributed by atoms with Crippen LogP contribution in [0, 0.1) is 13.8 Å². The summed E-state index contributed by atoms with van der Waals surface area (Å²) in [7, 11) is 0. The van der Waals surface area contributed by atoms with Crippen LogP contribution in [0.2, 0.25) is 5.02 Å². The number of rotatable bonds is 5. The third-order valence-corrected chi connectivity index (χ3v) is 5.15. The van der Waals surface area contributed by atoms with Crippen LogP contribution in [-0.2, 0) is 6.54 Å². The summed E-state index contributed by atoms with van der Waals surface area (Å²) in [6, 6.07) is 18.1. The lowest BCUT2D eigenvalue weighted by Crippen LogP contribution is -2.02. The SMILES string of the molecule is CCn1c(N/N=C\c2cc(C)n(-c3ccc(Cl)cc3)c2C)nc2ccccc21. The van der Waals surface area contributed by atoms with Gasteiger partial charge in [-0.15, -0.1) is 0 Å². The highest BCUT2D eigenvalue weighted by Gasteiger charge is 2.10. The van der Waals surface area contributed by atoms with Gasteiger partial charge in [0.1, 0.15) is 0 Å². The number of fused-ring (bicyclic) bond motifs is 1. The molecule has 1 N–H and O–H groups in total. The van der Waals surface area contributed by atoms with Gasteiger partial charge >= 0.3 is 0 Å². The summed E-state index contributed by atoms with van der Waals surface area (Å²) in [5.41, 5.74) is 9.56. The van der Waals surface area contributed by atoms with Gasteiger partial charge in [-0.05, 0) is 63.2 Å². The number of imidazole rings is 1. The molecular formula is C22H22ClN5. The van der Waals surface area contributed by atoms with Gasteiger partial charge in [-0.3, -0.25) is 0 Å². The quantitative estimate of drug-likeness (QED) is 0.357. The van der Waals surface area contributed by atoms with Crippen LogP contribution in [0.15, 0.2) is 59.7 Å². The normalized spacial score (nSPS) is 11.6. The second kappa shape index (κ2) is 7.52. The Morgan fingerprint density at radius 1 is 1.11 bits per heavy atom. The molecule has 0 atom stereocenters. The number of para-hydroxylation sites is 2. The lowest BCUT2D eigenvalue weighted by Gasteiger charge is -2.09. The number of hydrogen-bond donors (Lipinski definition) is 1. The molecule has 0 unspecified atom stereocenters. The van der Waals surface area contributed by atoms with Crippen LogP contribution >= 0.6 is 11.6 Å². The van der Waals surface area contributed by atoms with Crippen molar-refractivity contribution in [1.82, 2.24) is 14.1 Å². The second-order valence-corrected chi connectivity index (χ2v) is 7.11. The monoisotopic (exact) mass is 391 g/mol. The molecule has 5 nitrogen and oxygen atoms in total. The molecule has 142 valence electrons. The van der Waals surface area contributed by atoms with E-state index in [4.69, 9.17) is 11.6 Å². The zero-order chi connectivity index (χ0) is 19.7. The molecule has 0 aliphatic heterocycles. The number of nitrogens with one attached hydrogen (secondary N) is 1. The highest BCUT2D eigenvalue weighted by atomic mass is 35.5. The van der Waals surface area contributed by atoms with E-state index in [1.165, 1.54) is 0 Å². The molecule has 0 spiro atoms. The largest absolute Gasteiger partial charge is 0.318 e. The van der Waals surface area contributed by atoms with Crippen molar-refractivity contribution < 1.29 is 0 Å². The third kappa shape index (κ3) is 3.29. The van der Waals surface area contributed by atoms with Crippen LogP contribution in [0.1, 0.15) is 23.9 Å². The van der Waals surface area contributed by atoms with Gasteiger partial charge in [-0.1, -0.05) is 23.7 Å². The number of hydrazone groups is 1. The minimum absolute atomic E-state index is 0.732. The molecule has 0 aliphatic rings. The van der Waals surface area contributed by atoms with Crippen molar-refractivity contribution in [3.63, 3.8) is 0 Å². The van der Waals surface area contributed by atoms with Crippen molar-refractivity contribution in [2.45, 2.75) is 27.3 Å². The van der Waals surface area contributed by atoms with Gasteiger partial charge < -0.3 is 9.13 Å². The van der Waals surface area contributed by atoms with Crippen LogP contribution in [0.3, 0.4) is 0 Å². The number of anilines is 1. The first-order valence-corrected chi connectivity index (χ1v) is 9.65. The Hall–Kier alpha value is -3.05. The van der Waals surface area contributed by atoms with E-state index in [0.29, 0.717) is 0 Å². The number of nitrogens with zero attached hydrogens (tertiary/aromatic N) is 4. The van der Waals surface area contributed by atoms with Crippen LogP contribution < -0.4 is 5.43 Å². The van der Waals surface area contributed by atoms with Crippen molar-refractivity contribution in [1.29, 1.82) is 0 Å². The number of halogens is 1. The van der Waals surface area contributed by atoms with E-state index >= 15 is 0 Å². The molecule has 0 amide bonds. The molecule has 4 rings (SSSR count). The van der Waals surface area contributed by atoms with Crippen LogP contribution in [0.4, 0.5) is 5.95 Å². The Morgan fingerprint density at radius 2 is 1.86 bits per heavy atom. The molecule has 0 bridgehead atoms. The second-order valence-electron chi connectivity index (χ2n) is 6.68. The first-order valence-electron chi connectivity index (χ1n) is 9.27. The molecule has 0 radical (unpaired) electrons. The Labute approximate surface area is 169 Å². The highest BCUT2D eigenvalue weighted by Crippen LogP contribution is 2.22. The molecule has 0 aliphatic carbocycles. The van der Waals surface area contributed by atoms with E-state index in [2.05, 4.69) is 57.5 Å². The van der Waals surface area contributed by atoms with Crippen LogP contribution in [0.25, 0.3) is 16.7 Å². The van der Waals surface area contributed by atoms with E-state index in [1.54, 1.807) is 0 Å². The summed E-state index contributed by atoms with van der Waals surface area (Å²) in [5, 5.41) is 5.18. The summed E-state index contributed by atoms with van der Waals surface area (Å²) in [6.07, 6.45) is 1.84. The molecule has 2 aromatic carbocycles. The van der Waals surface area contributed by atoms with Gasteiger partial charge in [0.25, 0.3) is 0 Å². The fraction of sp³-hybridized carbons (Fsp3) is 0.182. The predicted octanol–water partition coefficient (Wildman–Crippen LogP) is 5.56. The van der Waals surface area contributed by atoms with E-state index in [1.807, 2.05) is 48.7 Å². The average molecular weight is 392 g/mol. The Bertz CT molecular complexity index is 1150. The predicted molar refractivity (Wildman–Crippen MR) is 117 cm³/mol. The third-order valence-electron chi connectivity index (χ3n) is 4.89. The minimum Gasteiger partial charge on any atom is -0.318 e. The molecule has 2 heterocycles. The van der Waals surface area contributed by atoms with Gasteiger partial charge in [0.2, 0.25) is 5.95 Å². The fourth-order valence-electron chi connectivity index (χ4n) is 3.55. The number of hydrogen-bond acceptors (Lipinski definition) is 3. The molecular weight excluding hydrogens is 370 g/mol. The van der Waals surface area contributed by atoms with Crippen molar-refractivity contribution >= 4 is 34.8 Å². The van der Waals surface area contributed by atoms with E-state index in [9.17, 15) is 0 Å². The molecule has 4 aromatic rings. The Kier molecular flexibility index (Phi) is 4.92. The smallest absolute Gasteiger partial charge is 0.224 e. The summed E-state index contributed by atoms with van der Waals surface area (Å²) in [6.45, 7) is 7.10. The Morgan fingerprint density at radius 3 is 2.61 bits per heavy atom. The summed E-state index contributed by atoms with van der Waals surface area (Å²) < 4.78 is 4.31. The Balaban J connectivity index is 1.61. The molecule has 6 heteroatoms. The van der Waals surface area contributed by atoms with Gasteiger partial charge in [-0.25, -0.2) is 10.4 Å². The summed E-state index contributed by atoms with van der Waals surface area (Å²) in [5.74, 6) is 0.742. The zero-order valence-electron chi connectivity index (χ0n) is 16.1. The molecule has 0 saturated carbocycles. The van der Waals surface area contributed by atoms with Crippen molar-refractivity contribution in [3.8, 4) is 5.69 Å². The van der Waals surface area contributed by atoms with Crippen LogP contribution in [0.5, 0.6) is 0 Å². The first kappa shape index (κ1) is 18.3. The zero-order valence-corrected chi connectivity index (χ0v) is 16.9. The van der Waals surface area contributed by atoms with Crippen molar-refractivity contribution in [2.24, 2.45) is 5.10 Å². The highest BCUT2D eigenvalue weighted by molar-refractivity contribution is 6.30. The summed E-state index contributed by atoms with van der Waals surface area (Å²) in [4.78, 5) is 4.64. The maximum atomic E-state index is 6.02. The molecule has 28 heavy (non-hydrogen) atoms. The maximum Gasteiger partial charge on any atom is 0.224 e. The lowest BCUT2D eigenvalue weighted by molar-refractivity contribution is 0.791. The average Bonchev–Trinajstić information content (AvgIpc) is 3.19. The van der Waals surface area contributed by atoms with E-state index < -0.39 is 0 Å². The lowest BCUT2D eigenvalue weighted by atomic mass is 10.2. The molecule has 2 aromatic heterocycles. The summed E-state index contributed by atoms with van der Waals surface area (Å²) >= 11 is 6.02. The van der Waals surface area contributed by atoms with E-state index in [-0.39, 0.29) is 0 Å². The minimum atomic E-state index is 0.732. The first-order chi connectivity index (χ1) is 13.6. The fourth-order valence-corrected chi connectivity index (χ4v) is 3.67. The van der Waals surface area contributed by atoms with Crippen molar-refractivity contribution in [3.05, 3.63) is 76.6 Å². The maximum absolute atomic E-state index is 6.02. The molecule has 0 fully saturated rings. The van der Waals surface area contributed by atoms with Gasteiger partial charge in [0, 0.05) is 34.2 Å². The van der Waals surface area contributed by atoms with Gasteiger partial charge in [0.15, 0.2) is 0 Å². The standard InChI is InChI=1S/C22H22ClN5/c1-4-27-21-8-6-5-7-20(21)25-22(27)26-24-14-17-13-15(2)28(16(17)3)19-11-9-18(23)10-12-19/h5-14H,4H2,1-3H3,(H,25,26)/b24-14-. The molecule has 0 saturated heterocycles. The number of benzene rings is 2.